The molecular weight excluding hydrogens is 266 g/mol. The van der Waals surface area contributed by atoms with Gasteiger partial charge in [-0.3, -0.25) is 0 Å². The van der Waals surface area contributed by atoms with Gasteiger partial charge < -0.3 is 20.5 Å². The fourth-order valence-corrected chi connectivity index (χ4v) is 2.74. The van der Waals surface area contributed by atoms with Gasteiger partial charge in [0.15, 0.2) is 0 Å². The van der Waals surface area contributed by atoms with Crippen molar-refractivity contribution in [2.75, 3.05) is 24.3 Å². The zero-order chi connectivity index (χ0) is 14.8. The standard InChI is InChI=1S/C16H25N3O2/c1-10(2)9-21-16-12(17)5-6-14(19-16)18-13-7-8-20-15(13)11-3-4-11/h5-6,10-11,13,15H,3-4,7-9,17H2,1-2H3,(H,18,19). The van der Waals surface area contributed by atoms with Crippen LogP contribution in [0.4, 0.5) is 11.5 Å². The number of nitrogen functional groups attached to an aromatic ring is 1. The molecule has 1 aliphatic heterocycles. The smallest absolute Gasteiger partial charge is 0.239 e. The number of nitrogens with two attached hydrogens (primary N) is 1. The third-order valence-corrected chi connectivity index (χ3v) is 4.00. The van der Waals surface area contributed by atoms with Crippen LogP contribution in [0.2, 0.25) is 0 Å². The number of nitrogens with one attached hydrogen (secondary N) is 1. The summed E-state index contributed by atoms with van der Waals surface area (Å²) in [6.07, 6.45) is 3.96. The van der Waals surface area contributed by atoms with Crippen LogP contribution in [0, 0.1) is 11.8 Å². The number of rotatable bonds is 6. The number of hydrogen-bond acceptors (Lipinski definition) is 5. The van der Waals surface area contributed by atoms with E-state index in [1.807, 2.05) is 12.1 Å². The van der Waals surface area contributed by atoms with E-state index in [2.05, 4.69) is 24.1 Å². The Morgan fingerprint density at radius 2 is 2.19 bits per heavy atom. The Morgan fingerprint density at radius 3 is 2.90 bits per heavy atom. The number of aromatic nitrogens is 1. The molecule has 1 saturated heterocycles. The number of hydrogen-bond donors (Lipinski definition) is 2. The van der Waals surface area contributed by atoms with Crippen LogP contribution in [-0.4, -0.2) is 30.3 Å². The molecule has 1 aliphatic carbocycles. The van der Waals surface area contributed by atoms with Gasteiger partial charge in [-0.2, -0.15) is 4.98 Å². The first-order chi connectivity index (χ1) is 10.1. The van der Waals surface area contributed by atoms with Crippen LogP contribution in [0.1, 0.15) is 33.1 Å². The zero-order valence-electron chi connectivity index (χ0n) is 12.8. The lowest BCUT2D eigenvalue weighted by atomic mass is 10.1. The maximum absolute atomic E-state index is 5.93. The SMILES string of the molecule is CC(C)COc1nc(NC2CCOC2C2CC2)ccc1N. The van der Waals surface area contributed by atoms with Crippen molar-refractivity contribution in [1.82, 2.24) is 4.98 Å². The quantitative estimate of drug-likeness (QED) is 0.843. The van der Waals surface area contributed by atoms with Crippen molar-refractivity contribution in [3.63, 3.8) is 0 Å². The molecule has 1 aromatic heterocycles. The Morgan fingerprint density at radius 1 is 1.38 bits per heavy atom. The lowest BCUT2D eigenvalue weighted by molar-refractivity contribution is 0.0898. The van der Waals surface area contributed by atoms with Crippen LogP contribution >= 0.6 is 0 Å². The molecule has 116 valence electrons. The Bertz CT molecular complexity index is 488. The van der Waals surface area contributed by atoms with E-state index < -0.39 is 0 Å². The van der Waals surface area contributed by atoms with E-state index in [9.17, 15) is 0 Å². The van der Waals surface area contributed by atoms with E-state index in [0.29, 0.717) is 36.2 Å². The lowest BCUT2D eigenvalue weighted by Crippen LogP contribution is -2.31. The minimum atomic E-state index is 0.337. The highest BCUT2D eigenvalue weighted by Crippen LogP contribution is 2.39. The molecule has 0 amide bonds. The number of ether oxygens (including phenoxy) is 2. The van der Waals surface area contributed by atoms with Crippen molar-refractivity contribution >= 4 is 11.5 Å². The van der Waals surface area contributed by atoms with Crippen molar-refractivity contribution in [2.45, 2.75) is 45.3 Å². The summed E-state index contributed by atoms with van der Waals surface area (Å²) in [5.41, 5.74) is 6.52. The van der Waals surface area contributed by atoms with E-state index in [-0.39, 0.29) is 0 Å². The first-order valence-electron chi connectivity index (χ1n) is 7.91. The molecule has 0 aromatic carbocycles. The maximum Gasteiger partial charge on any atom is 0.239 e. The molecule has 5 nitrogen and oxygen atoms in total. The normalized spacial score (nSPS) is 25.3. The molecule has 3 rings (SSSR count). The largest absolute Gasteiger partial charge is 0.476 e. The van der Waals surface area contributed by atoms with Crippen molar-refractivity contribution in [3.8, 4) is 5.88 Å². The second-order valence-electron chi connectivity index (χ2n) is 6.51. The van der Waals surface area contributed by atoms with Crippen molar-refractivity contribution in [3.05, 3.63) is 12.1 Å². The van der Waals surface area contributed by atoms with E-state index in [0.717, 1.165) is 24.8 Å². The molecule has 3 N–H and O–H groups in total. The summed E-state index contributed by atoms with van der Waals surface area (Å²) < 4.78 is 11.5. The molecule has 0 radical (unpaired) electrons. The number of anilines is 2. The van der Waals surface area contributed by atoms with Crippen LogP contribution in [0.15, 0.2) is 12.1 Å². The zero-order valence-corrected chi connectivity index (χ0v) is 12.8. The third kappa shape index (κ3) is 3.59. The summed E-state index contributed by atoms with van der Waals surface area (Å²) in [7, 11) is 0. The van der Waals surface area contributed by atoms with Crippen LogP contribution in [0.5, 0.6) is 5.88 Å². The van der Waals surface area contributed by atoms with E-state index in [4.69, 9.17) is 15.2 Å². The Labute approximate surface area is 126 Å². The van der Waals surface area contributed by atoms with E-state index >= 15 is 0 Å². The van der Waals surface area contributed by atoms with E-state index in [1.165, 1.54) is 12.8 Å². The highest BCUT2D eigenvalue weighted by Gasteiger charge is 2.40. The predicted octanol–water partition coefficient (Wildman–Crippen LogP) is 2.68. The summed E-state index contributed by atoms with van der Waals surface area (Å²) in [6, 6.07) is 4.12. The summed E-state index contributed by atoms with van der Waals surface area (Å²) in [5, 5.41) is 3.50. The third-order valence-electron chi connectivity index (χ3n) is 4.00. The predicted molar refractivity (Wildman–Crippen MR) is 83.5 cm³/mol. The fraction of sp³-hybridized carbons (Fsp3) is 0.688. The van der Waals surface area contributed by atoms with Gasteiger partial charge in [0.05, 0.1) is 24.4 Å². The number of pyridine rings is 1. The molecule has 2 atom stereocenters. The topological polar surface area (TPSA) is 69.4 Å². The van der Waals surface area contributed by atoms with Gasteiger partial charge in [0.2, 0.25) is 5.88 Å². The first-order valence-corrected chi connectivity index (χ1v) is 7.91. The van der Waals surface area contributed by atoms with Gasteiger partial charge in [-0.25, -0.2) is 0 Å². The molecule has 5 heteroatoms. The Kier molecular flexibility index (Phi) is 4.19. The molecule has 1 saturated carbocycles. The van der Waals surface area contributed by atoms with Crippen LogP contribution in [-0.2, 0) is 4.74 Å². The summed E-state index contributed by atoms with van der Waals surface area (Å²) >= 11 is 0. The lowest BCUT2D eigenvalue weighted by Gasteiger charge is -2.20. The summed E-state index contributed by atoms with van der Waals surface area (Å²) in [6.45, 7) is 5.67. The molecule has 1 aromatic rings. The van der Waals surface area contributed by atoms with Gasteiger partial charge in [0.1, 0.15) is 5.82 Å². The highest BCUT2D eigenvalue weighted by molar-refractivity contribution is 5.54. The second-order valence-corrected chi connectivity index (χ2v) is 6.51. The van der Waals surface area contributed by atoms with Gasteiger partial charge in [-0.05, 0) is 43.2 Å². The van der Waals surface area contributed by atoms with Crippen LogP contribution in [0.25, 0.3) is 0 Å². The minimum absolute atomic E-state index is 0.337. The Hall–Kier alpha value is -1.49. The maximum atomic E-state index is 5.93. The van der Waals surface area contributed by atoms with Gasteiger partial charge in [0, 0.05) is 6.61 Å². The summed E-state index contributed by atoms with van der Waals surface area (Å²) in [4.78, 5) is 4.51. The molecule has 2 aliphatic rings. The average molecular weight is 291 g/mol. The van der Waals surface area contributed by atoms with Crippen molar-refractivity contribution in [2.24, 2.45) is 11.8 Å². The van der Waals surface area contributed by atoms with Gasteiger partial charge in [-0.15, -0.1) is 0 Å². The second kappa shape index (κ2) is 6.10. The summed E-state index contributed by atoms with van der Waals surface area (Å²) in [5.74, 6) is 2.53. The molecule has 0 spiro atoms. The van der Waals surface area contributed by atoms with E-state index in [1.54, 1.807) is 0 Å². The first kappa shape index (κ1) is 14.4. The average Bonchev–Trinajstić information content (AvgIpc) is 3.20. The van der Waals surface area contributed by atoms with Crippen LogP contribution in [0.3, 0.4) is 0 Å². The van der Waals surface area contributed by atoms with Crippen molar-refractivity contribution < 1.29 is 9.47 Å². The monoisotopic (exact) mass is 291 g/mol. The molecule has 2 heterocycles. The fourth-order valence-electron chi connectivity index (χ4n) is 2.74. The minimum Gasteiger partial charge on any atom is -0.476 e. The molecule has 2 unspecified atom stereocenters. The molecule has 21 heavy (non-hydrogen) atoms. The van der Waals surface area contributed by atoms with Crippen LogP contribution < -0.4 is 15.8 Å². The highest BCUT2D eigenvalue weighted by atomic mass is 16.5. The Balaban J connectivity index is 1.65. The van der Waals surface area contributed by atoms with Crippen molar-refractivity contribution in [1.29, 1.82) is 0 Å². The molecule has 2 fully saturated rings. The van der Waals surface area contributed by atoms with Gasteiger partial charge >= 0.3 is 0 Å². The molecular formula is C16H25N3O2. The van der Waals surface area contributed by atoms with Gasteiger partial charge in [0.25, 0.3) is 0 Å². The molecule has 0 bridgehead atoms. The van der Waals surface area contributed by atoms with Gasteiger partial charge in [-0.1, -0.05) is 13.8 Å². The number of nitrogens with zero attached hydrogens (tertiary/aromatic N) is 1.